The number of nitro groups is 1. The van der Waals surface area contributed by atoms with Crippen molar-refractivity contribution >= 4 is 39.5 Å². The van der Waals surface area contributed by atoms with E-state index in [9.17, 15) is 10.1 Å². The molecule has 1 fully saturated rings. The van der Waals surface area contributed by atoms with Gasteiger partial charge >= 0.3 is 0 Å². The summed E-state index contributed by atoms with van der Waals surface area (Å²) >= 11 is 0. The van der Waals surface area contributed by atoms with Crippen molar-refractivity contribution in [2.45, 2.75) is 32.2 Å². The van der Waals surface area contributed by atoms with Gasteiger partial charge in [0.05, 0.1) is 21.8 Å². The molecule has 8 nitrogen and oxygen atoms in total. The van der Waals surface area contributed by atoms with Gasteiger partial charge < -0.3 is 16.0 Å². The van der Waals surface area contributed by atoms with Gasteiger partial charge in [-0.05, 0) is 44.4 Å². The van der Waals surface area contributed by atoms with E-state index in [-0.39, 0.29) is 10.6 Å². The van der Waals surface area contributed by atoms with E-state index in [0.717, 1.165) is 11.4 Å². The maximum atomic E-state index is 11.5. The summed E-state index contributed by atoms with van der Waals surface area (Å²) in [6.45, 7) is 2.48. The molecule has 4 rings (SSSR count). The number of benzene rings is 2. The number of nitrogens with one attached hydrogen (secondary N) is 3. The van der Waals surface area contributed by atoms with Crippen molar-refractivity contribution in [1.82, 2.24) is 9.97 Å². The van der Waals surface area contributed by atoms with E-state index in [2.05, 4.69) is 25.9 Å². The third-order valence-corrected chi connectivity index (χ3v) is 4.96. The molecule has 0 aliphatic heterocycles. The Bertz CT molecular complexity index is 1020. The molecule has 0 unspecified atom stereocenters. The van der Waals surface area contributed by atoms with Crippen LogP contribution in [0.5, 0.6) is 0 Å². The number of nitrogens with zero attached hydrogens (tertiary/aromatic N) is 3. The standard InChI is InChI=1S/C20H22N6O2/c1-2-21-18-11-17-14(10-19(18)26(27)28)20(23-12-22-17)25-16-9-4-3-8-15(16)24-13-6-5-7-13/h3-4,8-13,21,24H,2,5-7H2,1H3,(H,22,23,25). The Morgan fingerprint density at radius 1 is 1.14 bits per heavy atom. The van der Waals surface area contributed by atoms with Crippen LogP contribution >= 0.6 is 0 Å². The van der Waals surface area contributed by atoms with E-state index < -0.39 is 0 Å². The highest BCUT2D eigenvalue weighted by Gasteiger charge is 2.20. The average Bonchev–Trinajstić information content (AvgIpc) is 2.65. The van der Waals surface area contributed by atoms with E-state index in [0.29, 0.717) is 35.0 Å². The summed E-state index contributed by atoms with van der Waals surface area (Å²) in [5, 5.41) is 22.0. The lowest BCUT2D eigenvalue weighted by Crippen LogP contribution is -2.27. The summed E-state index contributed by atoms with van der Waals surface area (Å²) in [6.07, 6.45) is 5.06. The third-order valence-electron chi connectivity index (χ3n) is 4.96. The molecule has 1 heterocycles. The van der Waals surface area contributed by atoms with Crippen molar-refractivity contribution < 1.29 is 4.92 Å². The summed E-state index contributed by atoms with van der Waals surface area (Å²) in [5.74, 6) is 0.541. The van der Waals surface area contributed by atoms with Gasteiger partial charge in [-0.2, -0.15) is 0 Å². The number of fused-ring (bicyclic) bond motifs is 1. The summed E-state index contributed by atoms with van der Waals surface area (Å²) < 4.78 is 0. The molecule has 28 heavy (non-hydrogen) atoms. The van der Waals surface area contributed by atoms with Crippen molar-refractivity contribution in [1.29, 1.82) is 0 Å². The van der Waals surface area contributed by atoms with Crippen LogP contribution in [-0.4, -0.2) is 27.5 Å². The molecule has 2 aromatic carbocycles. The minimum atomic E-state index is -0.389. The predicted octanol–water partition coefficient (Wildman–Crippen LogP) is 4.68. The van der Waals surface area contributed by atoms with Crippen molar-refractivity contribution in [2.75, 3.05) is 22.5 Å². The molecule has 0 radical (unpaired) electrons. The van der Waals surface area contributed by atoms with E-state index >= 15 is 0 Å². The molecule has 0 atom stereocenters. The van der Waals surface area contributed by atoms with Crippen LogP contribution in [0.25, 0.3) is 10.9 Å². The second-order valence-electron chi connectivity index (χ2n) is 6.84. The number of aromatic nitrogens is 2. The fourth-order valence-corrected chi connectivity index (χ4v) is 3.29. The van der Waals surface area contributed by atoms with Crippen LogP contribution in [0.4, 0.5) is 28.6 Å². The number of hydrogen-bond acceptors (Lipinski definition) is 7. The SMILES string of the molecule is CCNc1cc2ncnc(Nc3ccccc3NC3CCC3)c2cc1[N+](=O)[O-]. The Hall–Kier alpha value is -3.42. The molecule has 0 saturated heterocycles. The van der Waals surface area contributed by atoms with Gasteiger partial charge in [0.2, 0.25) is 0 Å². The first-order chi connectivity index (χ1) is 13.7. The highest BCUT2D eigenvalue weighted by Crippen LogP contribution is 2.35. The first kappa shape index (κ1) is 18.0. The number of anilines is 4. The highest BCUT2D eigenvalue weighted by atomic mass is 16.6. The highest BCUT2D eigenvalue weighted by molar-refractivity contribution is 5.96. The fourth-order valence-electron chi connectivity index (χ4n) is 3.29. The lowest BCUT2D eigenvalue weighted by molar-refractivity contribution is -0.383. The van der Waals surface area contributed by atoms with Crippen LogP contribution in [0.3, 0.4) is 0 Å². The molecule has 0 amide bonds. The van der Waals surface area contributed by atoms with Crippen LogP contribution in [-0.2, 0) is 0 Å². The monoisotopic (exact) mass is 378 g/mol. The van der Waals surface area contributed by atoms with Gasteiger partial charge in [0.25, 0.3) is 5.69 Å². The number of para-hydroxylation sites is 2. The first-order valence-corrected chi connectivity index (χ1v) is 9.45. The molecule has 144 valence electrons. The first-order valence-electron chi connectivity index (χ1n) is 9.45. The lowest BCUT2D eigenvalue weighted by atomic mass is 9.93. The Morgan fingerprint density at radius 3 is 2.61 bits per heavy atom. The normalized spacial score (nSPS) is 13.8. The minimum absolute atomic E-state index is 0.00748. The molecule has 1 aromatic heterocycles. The average molecular weight is 378 g/mol. The summed E-state index contributed by atoms with van der Waals surface area (Å²) in [6, 6.07) is 11.6. The van der Waals surface area contributed by atoms with E-state index in [1.165, 1.54) is 31.7 Å². The smallest absolute Gasteiger partial charge is 0.293 e. The summed E-state index contributed by atoms with van der Waals surface area (Å²) in [7, 11) is 0. The van der Waals surface area contributed by atoms with E-state index in [1.54, 1.807) is 6.07 Å². The van der Waals surface area contributed by atoms with Gasteiger partial charge in [0.1, 0.15) is 17.8 Å². The molecule has 0 bridgehead atoms. The van der Waals surface area contributed by atoms with Gasteiger partial charge in [-0.25, -0.2) is 9.97 Å². The van der Waals surface area contributed by atoms with Crippen LogP contribution in [0.2, 0.25) is 0 Å². The number of nitro benzene ring substituents is 1. The van der Waals surface area contributed by atoms with E-state index in [4.69, 9.17) is 0 Å². The summed E-state index contributed by atoms with van der Waals surface area (Å²) in [5.41, 5.74) is 2.99. The van der Waals surface area contributed by atoms with Crippen molar-refractivity contribution in [2.24, 2.45) is 0 Å². The Morgan fingerprint density at radius 2 is 1.93 bits per heavy atom. The van der Waals surface area contributed by atoms with Crippen LogP contribution in [0, 0.1) is 10.1 Å². The van der Waals surface area contributed by atoms with Gasteiger partial charge in [0.15, 0.2) is 0 Å². The van der Waals surface area contributed by atoms with Gasteiger partial charge in [-0.3, -0.25) is 10.1 Å². The van der Waals surface area contributed by atoms with Crippen LogP contribution in [0.1, 0.15) is 26.2 Å². The van der Waals surface area contributed by atoms with Crippen molar-refractivity contribution in [3.05, 3.63) is 52.8 Å². The summed E-state index contributed by atoms with van der Waals surface area (Å²) in [4.78, 5) is 19.8. The molecule has 3 aromatic rings. The molecule has 8 heteroatoms. The molecular weight excluding hydrogens is 356 g/mol. The van der Waals surface area contributed by atoms with Crippen molar-refractivity contribution in [3.8, 4) is 0 Å². The second kappa shape index (κ2) is 7.67. The molecule has 0 spiro atoms. The Balaban J connectivity index is 1.73. The predicted molar refractivity (Wildman–Crippen MR) is 111 cm³/mol. The number of hydrogen-bond donors (Lipinski definition) is 3. The third kappa shape index (κ3) is 3.53. The minimum Gasteiger partial charge on any atom is -0.381 e. The maximum absolute atomic E-state index is 11.5. The van der Waals surface area contributed by atoms with Crippen LogP contribution in [0.15, 0.2) is 42.7 Å². The zero-order valence-corrected chi connectivity index (χ0v) is 15.6. The van der Waals surface area contributed by atoms with Crippen molar-refractivity contribution in [3.63, 3.8) is 0 Å². The van der Waals surface area contributed by atoms with E-state index in [1.807, 2.05) is 31.2 Å². The maximum Gasteiger partial charge on any atom is 0.293 e. The molecular formula is C20H22N6O2. The quantitative estimate of drug-likeness (QED) is 0.405. The topological polar surface area (TPSA) is 105 Å². The fraction of sp³-hybridized carbons (Fsp3) is 0.300. The lowest BCUT2D eigenvalue weighted by Gasteiger charge is -2.28. The van der Waals surface area contributed by atoms with Gasteiger partial charge in [-0.15, -0.1) is 0 Å². The van der Waals surface area contributed by atoms with Gasteiger partial charge in [0, 0.05) is 24.0 Å². The zero-order valence-electron chi connectivity index (χ0n) is 15.6. The molecule has 1 aliphatic carbocycles. The number of rotatable bonds is 7. The Kier molecular flexibility index (Phi) is 4.92. The van der Waals surface area contributed by atoms with Gasteiger partial charge in [-0.1, -0.05) is 12.1 Å². The Labute approximate surface area is 162 Å². The van der Waals surface area contributed by atoms with Crippen LogP contribution < -0.4 is 16.0 Å². The molecule has 1 aliphatic rings. The molecule has 1 saturated carbocycles. The largest absolute Gasteiger partial charge is 0.381 e. The molecule has 3 N–H and O–H groups in total. The second-order valence-corrected chi connectivity index (χ2v) is 6.84. The zero-order chi connectivity index (χ0) is 19.5.